The van der Waals surface area contributed by atoms with Crippen molar-refractivity contribution >= 4 is 39.3 Å². The minimum absolute atomic E-state index is 0.817. The fourth-order valence-electron chi connectivity index (χ4n) is 2.18. The van der Waals surface area contributed by atoms with Crippen molar-refractivity contribution in [3.05, 3.63) is 64.5 Å². The first-order valence-corrected chi connectivity index (χ1v) is 7.08. The van der Waals surface area contributed by atoms with E-state index >= 15 is 0 Å². The zero-order chi connectivity index (χ0) is 13.2. The number of aryl methyl sites for hydroxylation is 1. The molecule has 0 aliphatic heterocycles. The summed E-state index contributed by atoms with van der Waals surface area (Å²) >= 11 is 1.82. The Morgan fingerprint density at radius 2 is 1.68 bits per heavy atom. The van der Waals surface area contributed by atoms with Gasteiger partial charge in [0.2, 0.25) is 0 Å². The van der Waals surface area contributed by atoms with Crippen LogP contribution in [0.15, 0.2) is 48.5 Å². The Morgan fingerprint density at radius 1 is 0.947 bits per heavy atom. The van der Waals surface area contributed by atoms with Crippen molar-refractivity contribution in [1.82, 2.24) is 0 Å². The molecule has 1 heterocycles. The van der Waals surface area contributed by atoms with Gasteiger partial charge in [-0.1, -0.05) is 42.5 Å². The molecule has 0 saturated carbocycles. The number of hydrogen-bond acceptors (Lipinski definition) is 2. The van der Waals surface area contributed by atoms with Gasteiger partial charge in [-0.25, -0.2) is 0 Å². The van der Waals surface area contributed by atoms with Gasteiger partial charge in [0.15, 0.2) is 0 Å². The van der Waals surface area contributed by atoms with Crippen LogP contribution in [0.2, 0.25) is 0 Å². The van der Waals surface area contributed by atoms with Crippen LogP contribution >= 0.6 is 11.3 Å². The molecule has 0 bridgehead atoms. The highest BCUT2D eigenvalue weighted by Gasteiger charge is 2.04. The minimum atomic E-state index is 0.817. The van der Waals surface area contributed by atoms with Gasteiger partial charge in [-0.2, -0.15) is 0 Å². The molecule has 0 aliphatic rings. The van der Waals surface area contributed by atoms with E-state index in [9.17, 15) is 0 Å². The van der Waals surface area contributed by atoms with Crippen molar-refractivity contribution in [2.24, 2.45) is 0 Å². The van der Waals surface area contributed by atoms with Crippen molar-refractivity contribution in [3.8, 4) is 0 Å². The first-order chi connectivity index (χ1) is 9.25. The molecule has 3 aromatic rings. The molecule has 0 amide bonds. The summed E-state index contributed by atoms with van der Waals surface area (Å²) in [6.07, 6.45) is 4.25. The maximum atomic E-state index is 5.95. The molecule has 0 fully saturated rings. The molecule has 2 N–H and O–H groups in total. The number of para-hydroxylation sites is 1. The molecule has 0 atom stereocenters. The van der Waals surface area contributed by atoms with Crippen molar-refractivity contribution in [2.45, 2.75) is 6.92 Å². The fraction of sp³-hybridized carbons (Fsp3) is 0.0588. The number of anilines is 1. The molecule has 0 saturated heterocycles. The molecule has 0 aliphatic carbocycles. The van der Waals surface area contributed by atoms with E-state index in [1.807, 2.05) is 35.6 Å². The Hall–Kier alpha value is -2.06. The van der Waals surface area contributed by atoms with Gasteiger partial charge in [-0.05, 0) is 41.6 Å². The van der Waals surface area contributed by atoms with Gasteiger partial charge in [0.05, 0.1) is 0 Å². The zero-order valence-electron chi connectivity index (χ0n) is 10.8. The van der Waals surface area contributed by atoms with Crippen molar-refractivity contribution in [3.63, 3.8) is 0 Å². The number of fused-ring (bicyclic) bond motifs is 1. The van der Waals surface area contributed by atoms with E-state index in [1.54, 1.807) is 0 Å². The van der Waals surface area contributed by atoms with Crippen LogP contribution in [0.25, 0.3) is 22.2 Å². The molecule has 1 aromatic heterocycles. The summed E-state index contributed by atoms with van der Waals surface area (Å²) in [5, 5.41) is 1.34. The predicted octanol–water partition coefficient (Wildman–Crippen LogP) is 4.96. The van der Waals surface area contributed by atoms with Gasteiger partial charge < -0.3 is 5.73 Å². The summed E-state index contributed by atoms with van der Waals surface area (Å²) in [4.78, 5) is 1.30. The number of rotatable bonds is 2. The molecule has 94 valence electrons. The second kappa shape index (κ2) is 4.90. The molecule has 0 unspecified atom stereocenters. The molecular weight excluding hydrogens is 250 g/mol. The van der Waals surface area contributed by atoms with E-state index in [4.69, 9.17) is 5.73 Å². The van der Waals surface area contributed by atoms with Crippen LogP contribution in [-0.4, -0.2) is 0 Å². The topological polar surface area (TPSA) is 26.0 Å². The van der Waals surface area contributed by atoms with Gasteiger partial charge in [-0.3, -0.25) is 0 Å². The van der Waals surface area contributed by atoms with Gasteiger partial charge in [0.25, 0.3) is 0 Å². The summed E-state index contributed by atoms with van der Waals surface area (Å²) in [5.74, 6) is 0. The van der Waals surface area contributed by atoms with Gasteiger partial charge in [0, 0.05) is 15.3 Å². The molecule has 2 aromatic carbocycles. The van der Waals surface area contributed by atoms with E-state index in [0.717, 1.165) is 11.3 Å². The Balaban J connectivity index is 2.02. The number of hydrogen-bond donors (Lipinski definition) is 1. The van der Waals surface area contributed by atoms with Crippen molar-refractivity contribution < 1.29 is 0 Å². The quantitative estimate of drug-likeness (QED) is 0.651. The van der Waals surface area contributed by atoms with Crippen LogP contribution in [0.4, 0.5) is 5.69 Å². The Labute approximate surface area is 117 Å². The van der Waals surface area contributed by atoms with Crippen molar-refractivity contribution in [1.29, 1.82) is 0 Å². The number of benzene rings is 2. The molecule has 1 nitrogen and oxygen atoms in total. The van der Waals surface area contributed by atoms with E-state index in [0.29, 0.717) is 0 Å². The standard InChI is InChI=1S/C17H15NS/c1-12-14-7-3-5-9-17(14)19-16(12)11-10-13-6-2-4-8-15(13)18/h2-11H,18H2,1H3/b11-10+. The first-order valence-electron chi connectivity index (χ1n) is 6.26. The van der Waals surface area contributed by atoms with Crippen LogP contribution in [0.3, 0.4) is 0 Å². The number of nitrogen functional groups attached to an aromatic ring is 1. The summed E-state index contributed by atoms with van der Waals surface area (Å²) in [7, 11) is 0. The minimum Gasteiger partial charge on any atom is -0.398 e. The third-order valence-electron chi connectivity index (χ3n) is 3.29. The maximum Gasteiger partial charge on any atom is 0.0387 e. The lowest BCUT2D eigenvalue weighted by atomic mass is 10.1. The summed E-state index contributed by atoms with van der Waals surface area (Å²) in [5.41, 5.74) is 9.18. The van der Waals surface area contributed by atoms with Gasteiger partial charge in [-0.15, -0.1) is 11.3 Å². The van der Waals surface area contributed by atoms with Crippen molar-refractivity contribution in [2.75, 3.05) is 5.73 Å². The highest BCUT2D eigenvalue weighted by molar-refractivity contribution is 7.20. The smallest absolute Gasteiger partial charge is 0.0387 e. The highest BCUT2D eigenvalue weighted by atomic mass is 32.1. The predicted molar refractivity (Wildman–Crippen MR) is 86.3 cm³/mol. The number of nitrogens with two attached hydrogens (primary N) is 1. The molecule has 3 rings (SSSR count). The Kier molecular flexibility index (Phi) is 3.10. The van der Waals surface area contributed by atoms with Crippen LogP contribution in [0, 0.1) is 6.92 Å². The van der Waals surface area contributed by atoms with Crippen LogP contribution in [0.1, 0.15) is 16.0 Å². The normalized spacial score (nSPS) is 11.4. The summed E-state index contributed by atoms with van der Waals surface area (Å²) in [6.45, 7) is 2.17. The molecule has 0 spiro atoms. The second-order valence-corrected chi connectivity index (χ2v) is 5.63. The SMILES string of the molecule is Cc1c(/C=C/c2ccccc2N)sc2ccccc12. The largest absolute Gasteiger partial charge is 0.398 e. The summed E-state index contributed by atoms with van der Waals surface area (Å²) in [6, 6.07) is 16.4. The van der Waals surface area contributed by atoms with E-state index in [-0.39, 0.29) is 0 Å². The third kappa shape index (κ3) is 2.27. The molecule has 19 heavy (non-hydrogen) atoms. The second-order valence-electron chi connectivity index (χ2n) is 4.55. The highest BCUT2D eigenvalue weighted by Crippen LogP contribution is 2.32. The maximum absolute atomic E-state index is 5.95. The lowest BCUT2D eigenvalue weighted by molar-refractivity contribution is 1.57. The molecular formula is C17H15NS. The molecule has 2 heteroatoms. The molecule has 0 radical (unpaired) electrons. The lowest BCUT2D eigenvalue weighted by Gasteiger charge is -1.98. The third-order valence-corrected chi connectivity index (χ3v) is 4.53. The lowest BCUT2D eigenvalue weighted by Crippen LogP contribution is -1.87. The van der Waals surface area contributed by atoms with Crippen LogP contribution in [0.5, 0.6) is 0 Å². The van der Waals surface area contributed by atoms with Gasteiger partial charge in [0.1, 0.15) is 0 Å². The summed E-state index contributed by atoms with van der Waals surface area (Å²) < 4.78 is 1.33. The van der Waals surface area contributed by atoms with E-state index in [2.05, 4.69) is 43.3 Å². The first kappa shape index (κ1) is 12.0. The van der Waals surface area contributed by atoms with E-state index in [1.165, 1.54) is 20.5 Å². The monoisotopic (exact) mass is 265 g/mol. The van der Waals surface area contributed by atoms with Crippen LogP contribution < -0.4 is 5.73 Å². The Morgan fingerprint density at radius 3 is 2.47 bits per heavy atom. The average molecular weight is 265 g/mol. The van der Waals surface area contributed by atoms with Crippen LogP contribution in [-0.2, 0) is 0 Å². The fourth-order valence-corrected chi connectivity index (χ4v) is 3.29. The Bertz CT molecular complexity index is 753. The average Bonchev–Trinajstić information content (AvgIpc) is 2.75. The van der Waals surface area contributed by atoms with Gasteiger partial charge >= 0.3 is 0 Å². The zero-order valence-corrected chi connectivity index (χ0v) is 11.6. The number of thiophene rings is 1. The van der Waals surface area contributed by atoms with E-state index < -0.39 is 0 Å².